The Morgan fingerprint density at radius 3 is 2.00 bits per heavy atom. The van der Waals surface area contributed by atoms with Crippen molar-refractivity contribution in [3.8, 4) is 0 Å². The number of hydrogen-bond donors (Lipinski definition) is 1. The highest BCUT2D eigenvalue weighted by Gasteiger charge is 2.22. The van der Waals surface area contributed by atoms with Crippen LogP contribution in [0.2, 0.25) is 0 Å². The van der Waals surface area contributed by atoms with E-state index in [1.54, 1.807) is 6.08 Å². The molecule has 1 heterocycles. The predicted octanol–water partition coefficient (Wildman–Crippen LogP) is 3.69. The standard InChI is InChI=1S/C19H15NO2S/c21-18-17(22-19(23)20-18)13-7-12-16(14-8-3-1-4-9-14)15-10-5-2-6-11-15/h1-13,16H,(H,20,21,23)/b12-7+,17-13+. The van der Waals surface area contributed by atoms with Crippen molar-refractivity contribution < 1.29 is 9.53 Å². The molecule has 0 bridgehead atoms. The summed E-state index contributed by atoms with van der Waals surface area (Å²) in [7, 11) is 0. The first kappa shape index (κ1) is 15.2. The molecule has 2 aromatic rings. The van der Waals surface area contributed by atoms with Crippen LogP contribution in [-0.2, 0) is 9.53 Å². The summed E-state index contributed by atoms with van der Waals surface area (Å²) in [6, 6.07) is 20.4. The van der Waals surface area contributed by atoms with Crippen LogP contribution in [0.25, 0.3) is 0 Å². The third kappa shape index (κ3) is 3.73. The van der Waals surface area contributed by atoms with Crippen molar-refractivity contribution in [1.29, 1.82) is 0 Å². The molecule has 1 aliphatic rings. The molecule has 1 aliphatic heterocycles. The van der Waals surface area contributed by atoms with Crippen molar-refractivity contribution in [2.45, 2.75) is 5.92 Å². The van der Waals surface area contributed by atoms with E-state index >= 15 is 0 Å². The molecule has 0 unspecified atom stereocenters. The second kappa shape index (κ2) is 7.03. The zero-order valence-corrected chi connectivity index (χ0v) is 13.1. The van der Waals surface area contributed by atoms with E-state index in [9.17, 15) is 4.79 Å². The molecule has 3 rings (SSSR count). The van der Waals surface area contributed by atoms with Crippen LogP contribution >= 0.6 is 12.2 Å². The van der Waals surface area contributed by atoms with Crippen LogP contribution in [-0.4, -0.2) is 11.1 Å². The minimum Gasteiger partial charge on any atom is -0.426 e. The molecule has 23 heavy (non-hydrogen) atoms. The van der Waals surface area contributed by atoms with Crippen LogP contribution in [0, 0.1) is 0 Å². The van der Waals surface area contributed by atoms with Gasteiger partial charge < -0.3 is 4.74 Å². The number of carbonyl (C=O) groups excluding carboxylic acids is 1. The van der Waals surface area contributed by atoms with Gasteiger partial charge in [-0.15, -0.1) is 0 Å². The monoisotopic (exact) mass is 321 g/mol. The quantitative estimate of drug-likeness (QED) is 0.689. The molecule has 1 saturated heterocycles. The van der Waals surface area contributed by atoms with Crippen molar-refractivity contribution in [1.82, 2.24) is 5.32 Å². The lowest BCUT2D eigenvalue weighted by Crippen LogP contribution is -2.18. The molecular formula is C19H15NO2S. The van der Waals surface area contributed by atoms with Crippen LogP contribution in [0.15, 0.2) is 84.7 Å². The Balaban J connectivity index is 1.88. The van der Waals surface area contributed by atoms with Crippen LogP contribution in [0.1, 0.15) is 17.0 Å². The van der Waals surface area contributed by atoms with Gasteiger partial charge in [0.25, 0.3) is 11.1 Å². The molecule has 0 aromatic heterocycles. The molecule has 3 nitrogen and oxygen atoms in total. The van der Waals surface area contributed by atoms with Gasteiger partial charge in [-0.05, 0) is 29.4 Å². The Bertz CT molecular complexity index is 727. The average Bonchev–Trinajstić information content (AvgIpc) is 2.91. The number of carbonyl (C=O) groups is 1. The van der Waals surface area contributed by atoms with Crippen molar-refractivity contribution in [2.24, 2.45) is 0 Å². The third-order valence-corrected chi connectivity index (χ3v) is 3.70. The summed E-state index contributed by atoms with van der Waals surface area (Å²) in [6.07, 6.45) is 5.50. The lowest BCUT2D eigenvalue weighted by molar-refractivity contribution is -0.116. The van der Waals surface area contributed by atoms with Gasteiger partial charge >= 0.3 is 0 Å². The van der Waals surface area contributed by atoms with Gasteiger partial charge in [-0.2, -0.15) is 0 Å². The molecule has 4 heteroatoms. The first-order valence-corrected chi connectivity index (χ1v) is 7.66. The zero-order valence-electron chi connectivity index (χ0n) is 12.3. The normalized spacial score (nSPS) is 16.1. The predicted molar refractivity (Wildman–Crippen MR) is 93.8 cm³/mol. The van der Waals surface area contributed by atoms with E-state index in [4.69, 9.17) is 17.0 Å². The number of hydrogen-bond acceptors (Lipinski definition) is 3. The van der Waals surface area contributed by atoms with E-state index in [1.165, 1.54) is 11.1 Å². The zero-order chi connectivity index (χ0) is 16.1. The summed E-state index contributed by atoms with van der Waals surface area (Å²) >= 11 is 4.81. The van der Waals surface area contributed by atoms with Crippen molar-refractivity contribution in [3.05, 3.63) is 95.8 Å². The Morgan fingerprint density at radius 1 is 0.957 bits per heavy atom. The lowest BCUT2D eigenvalue weighted by atomic mass is 9.91. The van der Waals surface area contributed by atoms with E-state index < -0.39 is 0 Å². The van der Waals surface area contributed by atoms with Gasteiger partial charge in [0.1, 0.15) is 0 Å². The van der Waals surface area contributed by atoms with Crippen molar-refractivity contribution in [2.75, 3.05) is 0 Å². The van der Waals surface area contributed by atoms with Crippen LogP contribution in [0.5, 0.6) is 0 Å². The molecule has 1 amide bonds. The minimum atomic E-state index is -0.310. The molecular weight excluding hydrogens is 306 g/mol. The van der Waals surface area contributed by atoms with Gasteiger partial charge in [0.05, 0.1) is 0 Å². The molecule has 1 N–H and O–H groups in total. The van der Waals surface area contributed by atoms with Crippen LogP contribution in [0.4, 0.5) is 0 Å². The molecule has 0 atom stereocenters. The van der Waals surface area contributed by atoms with Gasteiger partial charge in [-0.25, -0.2) is 0 Å². The maximum atomic E-state index is 11.6. The van der Waals surface area contributed by atoms with Crippen LogP contribution in [0.3, 0.4) is 0 Å². The molecule has 114 valence electrons. The topological polar surface area (TPSA) is 38.3 Å². The van der Waals surface area contributed by atoms with E-state index in [0.29, 0.717) is 0 Å². The molecule has 0 aliphatic carbocycles. The number of nitrogens with one attached hydrogen (secondary N) is 1. The number of allylic oxidation sites excluding steroid dienone is 3. The van der Waals surface area contributed by atoms with Crippen LogP contribution < -0.4 is 5.32 Å². The Morgan fingerprint density at radius 2 is 1.52 bits per heavy atom. The molecule has 0 spiro atoms. The fraction of sp³-hybridized carbons (Fsp3) is 0.0526. The second-order valence-electron chi connectivity index (χ2n) is 5.06. The summed E-state index contributed by atoms with van der Waals surface area (Å²) in [4.78, 5) is 11.6. The Hall–Kier alpha value is -2.72. The second-order valence-corrected chi connectivity index (χ2v) is 5.43. The highest BCUT2D eigenvalue weighted by Crippen LogP contribution is 2.26. The van der Waals surface area contributed by atoms with E-state index in [1.807, 2.05) is 48.6 Å². The summed E-state index contributed by atoms with van der Waals surface area (Å²) in [6.45, 7) is 0. The van der Waals surface area contributed by atoms with Crippen molar-refractivity contribution >= 4 is 23.3 Å². The van der Waals surface area contributed by atoms with Gasteiger partial charge in [0, 0.05) is 5.92 Å². The summed E-state index contributed by atoms with van der Waals surface area (Å²) in [5.74, 6) is 0.00686. The highest BCUT2D eigenvalue weighted by molar-refractivity contribution is 7.80. The minimum absolute atomic E-state index is 0.0947. The average molecular weight is 321 g/mol. The van der Waals surface area contributed by atoms with Crippen molar-refractivity contribution in [3.63, 3.8) is 0 Å². The number of rotatable bonds is 4. The highest BCUT2D eigenvalue weighted by atomic mass is 32.1. The fourth-order valence-corrected chi connectivity index (χ4v) is 2.61. The number of benzene rings is 2. The number of amides is 1. The summed E-state index contributed by atoms with van der Waals surface area (Å²) in [5.41, 5.74) is 2.36. The van der Waals surface area contributed by atoms with E-state index in [-0.39, 0.29) is 22.8 Å². The maximum absolute atomic E-state index is 11.6. The largest absolute Gasteiger partial charge is 0.426 e. The fourth-order valence-electron chi connectivity index (χ4n) is 2.43. The summed E-state index contributed by atoms with van der Waals surface area (Å²) < 4.78 is 5.15. The molecule has 0 radical (unpaired) electrons. The first-order chi connectivity index (χ1) is 11.2. The lowest BCUT2D eigenvalue weighted by Gasteiger charge is -2.13. The molecule has 0 saturated carbocycles. The maximum Gasteiger partial charge on any atom is 0.294 e. The van der Waals surface area contributed by atoms with Gasteiger partial charge in [-0.1, -0.05) is 72.8 Å². The van der Waals surface area contributed by atoms with E-state index in [2.05, 4.69) is 29.6 Å². The Labute approximate surface area is 140 Å². The third-order valence-electron chi connectivity index (χ3n) is 3.51. The summed E-state index contributed by atoms with van der Waals surface area (Å²) in [5, 5.41) is 2.53. The number of ether oxygens (including phenoxy) is 1. The van der Waals surface area contributed by atoms with Gasteiger partial charge in [0.2, 0.25) is 0 Å². The van der Waals surface area contributed by atoms with E-state index in [0.717, 1.165) is 0 Å². The molecule has 2 aromatic carbocycles. The smallest absolute Gasteiger partial charge is 0.294 e. The number of thiocarbonyl (C=S) groups is 1. The SMILES string of the molecule is O=C1NC(=S)O/C1=C/C=C/C(c1ccccc1)c1ccccc1. The van der Waals surface area contributed by atoms with Gasteiger partial charge in [0.15, 0.2) is 5.76 Å². The van der Waals surface area contributed by atoms with Gasteiger partial charge in [-0.3, -0.25) is 10.1 Å². The first-order valence-electron chi connectivity index (χ1n) is 7.25. The molecule has 1 fully saturated rings. The Kier molecular flexibility index (Phi) is 4.64.